The molecule has 0 aliphatic carbocycles. The molecule has 1 unspecified atom stereocenters. The van der Waals surface area contributed by atoms with Gasteiger partial charge in [-0.3, -0.25) is 5.32 Å². The molecule has 4 heteroatoms. The van der Waals surface area contributed by atoms with Gasteiger partial charge in [0.1, 0.15) is 5.54 Å². The molecule has 0 radical (unpaired) electrons. The van der Waals surface area contributed by atoms with Crippen molar-refractivity contribution in [1.82, 2.24) is 14.9 Å². The third-order valence-corrected chi connectivity index (χ3v) is 4.06. The molecule has 2 aromatic rings. The highest BCUT2D eigenvalue weighted by atomic mass is 15.0. The van der Waals surface area contributed by atoms with Gasteiger partial charge in [-0.2, -0.15) is 5.26 Å². The summed E-state index contributed by atoms with van der Waals surface area (Å²) >= 11 is 0. The van der Waals surface area contributed by atoms with Crippen molar-refractivity contribution < 1.29 is 0 Å². The number of imidazole rings is 1. The molecule has 0 fully saturated rings. The van der Waals surface area contributed by atoms with Crippen molar-refractivity contribution in [1.29, 1.82) is 5.26 Å². The van der Waals surface area contributed by atoms with Crippen LogP contribution < -0.4 is 5.32 Å². The van der Waals surface area contributed by atoms with Gasteiger partial charge in [0.25, 0.3) is 0 Å². The highest BCUT2D eigenvalue weighted by Gasteiger charge is 2.26. The van der Waals surface area contributed by atoms with Crippen molar-refractivity contribution in [3.8, 4) is 6.07 Å². The van der Waals surface area contributed by atoms with E-state index in [0.717, 1.165) is 49.8 Å². The van der Waals surface area contributed by atoms with E-state index in [0.29, 0.717) is 0 Å². The van der Waals surface area contributed by atoms with Gasteiger partial charge < -0.3 is 4.57 Å². The van der Waals surface area contributed by atoms with Crippen LogP contribution in [0.3, 0.4) is 0 Å². The summed E-state index contributed by atoms with van der Waals surface area (Å²) in [7, 11) is 0. The number of nitrogens with one attached hydrogen (secondary N) is 1. The van der Waals surface area contributed by atoms with Crippen LogP contribution in [0.4, 0.5) is 0 Å². The molecule has 21 heavy (non-hydrogen) atoms. The summed E-state index contributed by atoms with van der Waals surface area (Å²) in [6, 6.07) is 10.6. The molecule has 112 valence electrons. The first-order chi connectivity index (χ1) is 10.2. The average molecular weight is 284 g/mol. The normalized spacial score (nSPS) is 14.0. The molecule has 0 aliphatic rings. The Labute approximate surface area is 126 Å². The van der Waals surface area contributed by atoms with Crippen molar-refractivity contribution >= 4 is 11.0 Å². The fraction of sp³-hybridized carbons (Fsp3) is 0.529. The summed E-state index contributed by atoms with van der Waals surface area (Å²) in [6.45, 7) is 6.01. The van der Waals surface area contributed by atoms with E-state index in [1.807, 2.05) is 24.5 Å². The lowest BCUT2D eigenvalue weighted by Crippen LogP contribution is -2.43. The van der Waals surface area contributed by atoms with Gasteiger partial charge >= 0.3 is 0 Å². The van der Waals surface area contributed by atoms with Crippen molar-refractivity contribution in [2.24, 2.45) is 0 Å². The predicted octanol–water partition coefficient (Wildman–Crippen LogP) is 3.49. The average Bonchev–Trinajstić information content (AvgIpc) is 2.94. The van der Waals surface area contributed by atoms with E-state index in [-0.39, 0.29) is 5.54 Å². The number of aromatic nitrogens is 2. The van der Waals surface area contributed by atoms with Gasteiger partial charge in [-0.1, -0.05) is 26.0 Å². The standard InChI is InChI=1S/C17H24N4/c1-3-11-20-17(4-2,13-18)10-7-12-21-14-19-15-8-5-6-9-16(15)21/h5-6,8-9,14,20H,3-4,7,10-12H2,1-2H3. The quantitative estimate of drug-likeness (QED) is 0.807. The fourth-order valence-corrected chi connectivity index (χ4v) is 2.67. The second kappa shape index (κ2) is 7.24. The molecule has 2 rings (SSSR count). The summed E-state index contributed by atoms with van der Waals surface area (Å²) in [6.07, 6.45) is 5.62. The summed E-state index contributed by atoms with van der Waals surface area (Å²) in [4.78, 5) is 4.41. The Hall–Kier alpha value is -1.86. The molecule has 0 aliphatic heterocycles. The minimum atomic E-state index is -0.383. The lowest BCUT2D eigenvalue weighted by atomic mass is 9.92. The lowest BCUT2D eigenvalue weighted by Gasteiger charge is -2.26. The Bertz CT molecular complexity index is 611. The molecule has 0 saturated heterocycles. The van der Waals surface area contributed by atoms with E-state index in [1.54, 1.807) is 0 Å². The van der Waals surface area contributed by atoms with Gasteiger partial charge in [-0.25, -0.2) is 4.98 Å². The van der Waals surface area contributed by atoms with E-state index >= 15 is 0 Å². The molecule has 0 saturated carbocycles. The SMILES string of the molecule is CCCNC(C#N)(CC)CCCn1cnc2ccccc21. The number of aryl methyl sites for hydroxylation is 1. The van der Waals surface area contributed by atoms with E-state index in [1.165, 1.54) is 0 Å². The van der Waals surface area contributed by atoms with E-state index in [2.05, 4.69) is 40.9 Å². The van der Waals surface area contributed by atoms with Gasteiger partial charge in [-0.05, 0) is 44.4 Å². The van der Waals surface area contributed by atoms with Gasteiger partial charge in [0.15, 0.2) is 0 Å². The Morgan fingerprint density at radius 1 is 1.33 bits per heavy atom. The summed E-state index contributed by atoms with van der Waals surface area (Å²) in [5.74, 6) is 0. The molecule has 0 amide bonds. The third-order valence-electron chi connectivity index (χ3n) is 4.06. The van der Waals surface area contributed by atoms with Crippen molar-refractivity contribution in [3.63, 3.8) is 0 Å². The molecular weight excluding hydrogens is 260 g/mol. The summed E-state index contributed by atoms with van der Waals surface area (Å²) < 4.78 is 2.17. The Balaban J connectivity index is 1.97. The Kier molecular flexibility index (Phi) is 5.35. The molecule has 1 heterocycles. The molecule has 0 bridgehead atoms. The van der Waals surface area contributed by atoms with Crippen LogP contribution in [0.15, 0.2) is 30.6 Å². The number of hydrogen-bond donors (Lipinski definition) is 1. The number of hydrogen-bond acceptors (Lipinski definition) is 3. The van der Waals surface area contributed by atoms with E-state index < -0.39 is 0 Å². The second-order valence-corrected chi connectivity index (χ2v) is 5.50. The maximum Gasteiger partial charge on any atom is 0.106 e. The number of nitriles is 1. The Morgan fingerprint density at radius 3 is 2.86 bits per heavy atom. The highest BCUT2D eigenvalue weighted by Crippen LogP contribution is 2.19. The van der Waals surface area contributed by atoms with Gasteiger partial charge in [0.2, 0.25) is 0 Å². The first-order valence-corrected chi connectivity index (χ1v) is 7.81. The number of fused-ring (bicyclic) bond motifs is 1. The minimum absolute atomic E-state index is 0.383. The van der Waals surface area contributed by atoms with Crippen molar-refractivity contribution in [2.75, 3.05) is 6.54 Å². The molecular formula is C17H24N4. The lowest BCUT2D eigenvalue weighted by molar-refractivity contribution is 0.356. The zero-order valence-electron chi connectivity index (χ0n) is 13.0. The maximum atomic E-state index is 9.50. The third kappa shape index (κ3) is 3.62. The highest BCUT2D eigenvalue weighted by molar-refractivity contribution is 5.74. The van der Waals surface area contributed by atoms with Gasteiger partial charge in [0, 0.05) is 6.54 Å². The molecule has 1 N–H and O–H groups in total. The predicted molar refractivity (Wildman–Crippen MR) is 85.9 cm³/mol. The van der Waals surface area contributed by atoms with Crippen molar-refractivity contribution in [2.45, 2.75) is 51.6 Å². The molecule has 1 aromatic carbocycles. The van der Waals surface area contributed by atoms with Gasteiger partial charge in [0.05, 0.1) is 23.4 Å². The molecule has 1 atom stereocenters. The smallest absolute Gasteiger partial charge is 0.106 e. The first-order valence-electron chi connectivity index (χ1n) is 7.81. The van der Waals surface area contributed by atoms with Crippen LogP contribution >= 0.6 is 0 Å². The van der Waals surface area contributed by atoms with Crippen LogP contribution in [-0.4, -0.2) is 21.6 Å². The molecule has 1 aromatic heterocycles. The second-order valence-electron chi connectivity index (χ2n) is 5.50. The monoisotopic (exact) mass is 284 g/mol. The summed E-state index contributed by atoms with van der Waals surface area (Å²) in [5, 5.41) is 12.9. The zero-order chi connectivity index (χ0) is 15.1. The van der Waals surface area contributed by atoms with Crippen LogP contribution in [0.5, 0.6) is 0 Å². The van der Waals surface area contributed by atoms with Crippen LogP contribution in [0, 0.1) is 11.3 Å². The van der Waals surface area contributed by atoms with E-state index in [4.69, 9.17) is 0 Å². The van der Waals surface area contributed by atoms with Crippen LogP contribution in [0.1, 0.15) is 39.5 Å². The summed E-state index contributed by atoms with van der Waals surface area (Å²) in [5.41, 5.74) is 1.81. The number of nitrogens with zero attached hydrogens (tertiary/aromatic N) is 3. The number of para-hydroxylation sites is 2. The Morgan fingerprint density at radius 2 is 2.14 bits per heavy atom. The number of rotatable bonds is 8. The fourth-order valence-electron chi connectivity index (χ4n) is 2.67. The number of benzene rings is 1. The molecule has 4 nitrogen and oxygen atoms in total. The van der Waals surface area contributed by atoms with Crippen LogP contribution in [-0.2, 0) is 6.54 Å². The van der Waals surface area contributed by atoms with Crippen LogP contribution in [0.2, 0.25) is 0 Å². The van der Waals surface area contributed by atoms with Crippen molar-refractivity contribution in [3.05, 3.63) is 30.6 Å². The largest absolute Gasteiger partial charge is 0.331 e. The van der Waals surface area contributed by atoms with Gasteiger partial charge in [-0.15, -0.1) is 0 Å². The topological polar surface area (TPSA) is 53.6 Å². The molecule has 0 spiro atoms. The van der Waals surface area contributed by atoms with Crippen LogP contribution in [0.25, 0.3) is 11.0 Å². The zero-order valence-corrected chi connectivity index (χ0v) is 13.0. The maximum absolute atomic E-state index is 9.50. The van der Waals surface area contributed by atoms with E-state index in [9.17, 15) is 5.26 Å². The first kappa shape index (κ1) is 15.5. The minimum Gasteiger partial charge on any atom is -0.331 e.